The fraction of sp³-hybridized carbons (Fsp3) is 0.571. The van der Waals surface area contributed by atoms with Crippen LogP contribution in [-0.4, -0.2) is 37.8 Å². The van der Waals surface area contributed by atoms with Crippen molar-refractivity contribution in [3.05, 3.63) is 35.4 Å². The van der Waals surface area contributed by atoms with Crippen LogP contribution in [0.25, 0.3) is 0 Å². The zero-order valence-corrected chi connectivity index (χ0v) is 12.0. The van der Waals surface area contributed by atoms with Gasteiger partial charge in [-0.3, -0.25) is 4.90 Å². The van der Waals surface area contributed by atoms with Gasteiger partial charge in [-0.05, 0) is 26.1 Å². The minimum absolute atomic E-state index is 0.0393. The van der Waals surface area contributed by atoms with Crippen LogP contribution < -0.4 is 5.32 Å². The maximum absolute atomic E-state index is 13.8. The molecule has 1 N–H and O–H groups in total. The molecule has 0 aliphatic heterocycles. The number of rotatable bonds is 7. The van der Waals surface area contributed by atoms with Crippen LogP contribution in [0.3, 0.4) is 0 Å². The van der Waals surface area contributed by atoms with E-state index in [4.69, 9.17) is 0 Å². The molecule has 0 fully saturated rings. The Morgan fingerprint density at radius 2 is 1.90 bits per heavy atom. The van der Waals surface area contributed by atoms with Gasteiger partial charge in [0.15, 0.2) is 11.6 Å². The third-order valence-corrected chi connectivity index (χ3v) is 2.94. The predicted octanol–water partition coefficient (Wildman–Crippen LogP) is 3.50. The van der Waals surface area contributed by atoms with Crippen molar-refractivity contribution < 1.29 is 22.0 Å². The molecule has 0 aromatic heterocycles. The highest BCUT2D eigenvalue weighted by molar-refractivity contribution is 5.23. The second kappa shape index (κ2) is 7.70. The second-order valence-corrected chi connectivity index (χ2v) is 4.96. The summed E-state index contributed by atoms with van der Waals surface area (Å²) in [5.41, 5.74) is 0.0393. The van der Waals surface area contributed by atoms with Crippen molar-refractivity contribution in [2.45, 2.75) is 25.6 Å². The van der Waals surface area contributed by atoms with E-state index in [9.17, 15) is 22.0 Å². The van der Waals surface area contributed by atoms with Crippen LogP contribution >= 0.6 is 0 Å². The summed E-state index contributed by atoms with van der Waals surface area (Å²) in [5.74, 6) is -2.03. The van der Waals surface area contributed by atoms with Crippen molar-refractivity contribution in [1.82, 2.24) is 10.2 Å². The van der Waals surface area contributed by atoms with E-state index in [1.165, 1.54) is 19.2 Å². The third-order valence-electron chi connectivity index (χ3n) is 2.94. The van der Waals surface area contributed by atoms with Crippen molar-refractivity contribution >= 4 is 0 Å². The van der Waals surface area contributed by atoms with Gasteiger partial charge in [0.2, 0.25) is 0 Å². The number of halogens is 5. The van der Waals surface area contributed by atoms with E-state index in [2.05, 4.69) is 5.32 Å². The molecule has 0 spiro atoms. The van der Waals surface area contributed by atoms with Crippen LogP contribution in [0.4, 0.5) is 22.0 Å². The van der Waals surface area contributed by atoms with Gasteiger partial charge in [-0.1, -0.05) is 19.1 Å². The molecule has 1 aromatic rings. The molecule has 1 unspecified atom stereocenters. The van der Waals surface area contributed by atoms with Gasteiger partial charge in [0.1, 0.15) is 0 Å². The van der Waals surface area contributed by atoms with Gasteiger partial charge >= 0.3 is 6.18 Å². The normalized spacial score (nSPS) is 13.7. The van der Waals surface area contributed by atoms with Crippen LogP contribution in [0.5, 0.6) is 0 Å². The lowest BCUT2D eigenvalue weighted by atomic mass is 10.0. The van der Waals surface area contributed by atoms with Gasteiger partial charge in [-0.2, -0.15) is 13.2 Å². The first-order valence-corrected chi connectivity index (χ1v) is 6.67. The lowest BCUT2D eigenvalue weighted by Gasteiger charge is -2.26. The van der Waals surface area contributed by atoms with Crippen molar-refractivity contribution in [1.29, 1.82) is 0 Å². The molecule has 2 nitrogen and oxygen atoms in total. The number of nitrogens with zero attached hydrogens (tertiary/aromatic N) is 1. The summed E-state index contributed by atoms with van der Waals surface area (Å²) in [6.45, 7) is 1.21. The van der Waals surface area contributed by atoms with E-state index in [1.54, 1.807) is 0 Å². The van der Waals surface area contributed by atoms with E-state index in [1.807, 2.05) is 6.92 Å². The molecule has 1 atom stereocenters. The molecule has 0 saturated heterocycles. The van der Waals surface area contributed by atoms with Gasteiger partial charge in [0.25, 0.3) is 0 Å². The highest BCUT2D eigenvalue weighted by Crippen LogP contribution is 2.22. The standard InChI is InChI=1S/C14H19F5N2/c1-3-7-20-12(8-21(2)9-14(17,18)19)10-5-4-6-11(15)13(10)16/h4-6,12,20H,3,7-9H2,1-2H3. The Morgan fingerprint density at radius 1 is 1.24 bits per heavy atom. The highest BCUT2D eigenvalue weighted by atomic mass is 19.4. The van der Waals surface area contributed by atoms with Crippen molar-refractivity contribution in [2.75, 3.05) is 26.7 Å². The number of hydrogen-bond donors (Lipinski definition) is 1. The topological polar surface area (TPSA) is 15.3 Å². The summed E-state index contributed by atoms with van der Waals surface area (Å²) in [5, 5.41) is 2.95. The maximum Gasteiger partial charge on any atom is 0.401 e. The molecular formula is C14H19F5N2. The number of alkyl halides is 3. The quantitative estimate of drug-likeness (QED) is 0.776. The number of benzene rings is 1. The largest absolute Gasteiger partial charge is 0.401 e. The minimum Gasteiger partial charge on any atom is -0.309 e. The second-order valence-electron chi connectivity index (χ2n) is 4.96. The lowest BCUT2D eigenvalue weighted by molar-refractivity contribution is -0.143. The molecule has 0 radical (unpaired) electrons. The first kappa shape index (κ1) is 17.8. The first-order chi connectivity index (χ1) is 9.74. The Hall–Kier alpha value is -1.21. The van der Waals surface area contributed by atoms with Crippen LogP contribution in [-0.2, 0) is 0 Å². The summed E-state index contributed by atoms with van der Waals surface area (Å²) in [4.78, 5) is 1.04. The van der Waals surface area contributed by atoms with Gasteiger partial charge in [0, 0.05) is 18.2 Å². The van der Waals surface area contributed by atoms with Crippen LogP contribution in [0.1, 0.15) is 24.9 Å². The summed E-state index contributed by atoms with van der Waals surface area (Å²) in [6, 6.07) is 3.01. The molecule has 0 amide bonds. The monoisotopic (exact) mass is 310 g/mol. The molecule has 0 bridgehead atoms. The summed E-state index contributed by atoms with van der Waals surface area (Å²) < 4.78 is 64.2. The van der Waals surface area contributed by atoms with Crippen LogP contribution in [0.15, 0.2) is 18.2 Å². The van der Waals surface area contributed by atoms with E-state index >= 15 is 0 Å². The highest BCUT2D eigenvalue weighted by Gasteiger charge is 2.30. The van der Waals surface area contributed by atoms with Gasteiger partial charge in [0.05, 0.1) is 6.54 Å². The minimum atomic E-state index is -4.33. The van der Waals surface area contributed by atoms with Crippen molar-refractivity contribution in [2.24, 2.45) is 0 Å². The average Bonchev–Trinajstić information content (AvgIpc) is 2.36. The van der Waals surface area contributed by atoms with E-state index in [0.29, 0.717) is 6.54 Å². The SMILES string of the molecule is CCCNC(CN(C)CC(F)(F)F)c1cccc(F)c1F. The molecular weight excluding hydrogens is 291 g/mol. The molecule has 0 saturated carbocycles. The van der Waals surface area contributed by atoms with Gasteiger partial charge in [-0.15, -0.1) is 0 Å². The predicted molar refractivity (Wildman–Crippen MR) is 70.9 cm³/mol. The summed E-state index contributed by atoms with van der Waals surface area (Å²) in [6.07, 6.45) is -3.60. The Balaban J connectivity index is 2.87. The smallest absolute Gasteiger partial charge is 0.309 e. The number of likely N-dealkylation sites (N-methyl/N-ethyl adjacent to an activating group) is 1. The number of hydrogen-bond acceptors (Lipinski definition) is 2. The van der Waals surface area contributed by atoms with Gasteiger partial charge in [-0.25, -0.2) is 8.78 Å². The molecule has 0 aliphatic rings. The molecule has 0 heterocycles. The molecule has 7 heteroatoms. The molecule has 21 heavy (non-hydrogen) atoms. The van der Waals surface area contributed by atoms with E-state index in [0.717, 1.165) is 17.4 Å². The molecule has 120 valence electrons. The summed E-state index contributed by atoms with van der Waals surface area (Å²) in [7, 11) is 1.30. The summed E-state index contributed by atoms with van der Waals surface area (Å²) >= 11 is 0. The fourth-order valence-electron chi connectivity index (χ4n) is 2.06. The Kier molecular flexibility index (Phi) is 6.54. The van der Waals surface area contributed by atoms with Crippen molar-refractivity contribution in [3.8, 4) is 0 Å². The Labute approximate surface area is 120 Å². The fourth-order valence-corrected chi connectivity index (χ4v) is 2.06. The first-order valence-electron chi connectivity index (χ1n) is 6.67. The van der Waals surface area contributed by atoms with Crippen LogP contribution in [0, 0.1) is 11.6 Å². The maximum atomic E-state index is 13.8. The molecule has 1 rings (SSSR count). The zero-order valence-electron chi connectivity index (χ0n) is 12.0. The lowest BCUT2D eigenvalue weighted by Crippen LogP contribution is -2.38. The Morgan fingerprint density at radius 3 is 2.48 bits per heavy atom. The van der Waals surface area contributed by atoms with Crippen LogP contribution in [0.2, 0.25) is 0 Å². The van der Waals surface area contributed by atoms with E-state index in [-0.39, 0.29) is 12.1 Å². The van der Waals surface area contributed by atoms with Gasteiger partial charge < -0.3 is 5.32 Å². The average molecular weight is 310 g/mol. The zero-order chi connectivity index (χ0) is 16.0. The molecule has 0 aliphatic carbocycles. The molecule has 1 aromatic carbocycles. The van der Waals surface area contributed by atoms with Crippen molar-refractivity contribution in [3.63, 3.8) is 0 Å². The number of nitrogens with one attached hydrogen (secondary N) is 1. The Bertz CT molecular complexity index is 447. The third kappa shape index (κ3) is 5.97. The van der Waals surface area contributed by atoms with E-state index < -0.39 is 30.4 Å².